The van der Waals surface area contributed by atoms with Gasteiger partial charge in [-0.05, 0) is 6.42 Å². The second-order valence-corrected chi connectivity index (χ2v) is 3.79. The van der Waals surface area contributed by atoms with Crippen molar-refractivity contribution in [2.75, 3.05) is 5.75 Å². The van der Waals surface area contributed by atoms with E-state index in [9.17, 15) is 8.76 Å². The van der Waals surface area contributed by atoms with Gasteiger partial charge in [0.1, 0.15) is 0 Å². The van der Waals surface area contributed by atoms with Crippen LogP contribution in [0.4, 0.5) is 0 Å². The van der Waals surface area contributed by atoms with E-state index < -0.39 is 11.1 Å². The molecule has 0 saturated carbocycles. The molecule has 1 unspecified atom stereocenters. The average Bonchev–Trinajstić information content (AvgIpc) is 1.96. The Labute approximate surface area is 100 Å². The van der Waals surface area contributed by atoms with Gasteiger partial charge in [0.05, 0.1) is 0 Å². The molecule has 2 nitrogen and oxygen atoms in total. The number of hydrogen-bond acceptors (Lipinski definition) is 2. The first-order valence-electron chi connectivity index (χ1n) is 4.33. The molecule has 0 N–H and O–H groups in total. The average molecular weight is 200 g/mol. The Kier molecular flexibility index (Phi) is 15.7. The molecule has 1 atom stereocenters. The molecular weight excluding hydrogens is 183 g/mol. The molecule has 0 radical (unpaired) electrons. The van der Waals surface area contributed by atoms with Crippen molar-refractivity contribution in [2.24, 2.45) is 0 Å². The molecule has 0 aliphatic carbocycles. The topological polar surface area (TPSA) is 40.1 Å². The van der Waals surface area contributed by atoms with E-state index in [2.05, 4.69) is 6.92 Å². The van der Waals surface area contributed by atoms with E-state index in [1.165, 1.54) is 25.7 Å². The standard InChI is InChI=1S/C8H18O2S.Na/c1-2-3-4-5-6-7-8-11(9)10;/h2-8H2,1H3,(H,9,10);/q;+1/p-1. The van der Waals surface area contributed by atoms with Gasteiger partial charge in [0.15, 0.2) is 0 Å². The Morgan fingerprint density at radius 3 is 2.08 bits per heavy atom. The van der Waals surface area contributed by atoms with E-state index >= 15 is 0 Å². The van der Waals surface area contributed by atoms with Crippen LogP contribution in [0.15, 0.2) is 0 Å². The van der Waals surface area contributed by atoms with Crippen molar-refractivity contribution in [2.45, 2.75) is 45.4 Å². The molecule has 0 amide bonds. The number of rotatable bonds is 7. The Morgan fingerprint density at radius 2 is 1.58 bits per heavy atom. The number of unbranched alkanes of at least 4 members (excludes halogenated alkanes) is 5. The Hall–Kier alpha value is 1.11. The fourth-order valence-electron chi connectivity index (χ4n) is 1.00. The van der Waals surface area contributed by atoms with Crippen LogP contribution in [-0.2, 0) is 11.1 Å². The third kappa shape index (κ3) is 13.7. The van der Waals surface area contributed by atoms with Gasteiger partial charge in [0, 0.05) is 5.75 Å². The summed E-state index contributed by atoms with van der Waals surface area (Å²) in [7, 11) is 0. The van der Waals surface area contributed by atoms with Crippen LogP contribution in [0.3, 0.4) is 0 Å². The van der Waals surface area contributed by atoms with Crippen LogP contribution in [0.1, 0.15) is 45.4 Å². The third-order valence-corrected chi connectivity index (χ3v) is 2.29. The van der Waals surface area contributed by atoms with Gasteiger partial charge in [-0.2, -0.15) is 0 Å². The summed E-state index contributed by atoms with van der Waals surface area (Å²) in [5.41, 5.74) is 0. The number of hydrogen-bond donors (Lipinski definition) is 0. The minimum absolute atomic E-state index is 0. The maximum atomic E-state index is 10.1. The van der Waals surface area contributed by atoms with Crippen molar-refractivity contribution in [3.63, 3.8) is 0 Å². The summed E-state index contributed by atoms with van der Waals surface area (Å²) in [6, 6.07) is 0. The summed E-state index contributed by atoms with van der Waals surface area (Å²) in [6.07, 6.45) is 6.86. The normalized spacial score (nSPS) is 12.2. The van der Waals surface area contributed by atoms with Crippen molar-refractivity contribution < 1.29 is 38.3 Å². The maximum absolute atomic E-state index is 10.1. The molecular formula is C8H17NaO2S. The van der Waals surface area contributed by atoms with Gasteiger partial charge in [0.2, 0.25) is 0 Å². The molecule has 0 fully saturated rings. The predicted octanol–water partition coefficient (Wildman–Crippen LogP) is -0.770. The maximum Gasteiger partial charge on any atom is 1.00 e. The smallest absolute Gasteiger partial charge is 0.772 e. The summed E-state index contributed by atoms with van der Waals surface area (Å²) < 4.78 is 20.2. The molecule has 4 heteroatoms. The van der Waals surface area contributed by atoms with Gasteiger partial charge < -0.3 is 4.55 Å². The predicted molar refractivity (Wildman–Crippen MR) is 47.2 cm³/mol. The second-order valence-electron chi connectivity index (χ2n) is 2.78. The molecule has 0 heterocycles. The molecule has 0 aliphatic rings. The Balaban J connectivity index is 0. The molecule has 0 rings (SSSR count). The molecule has 0 aromatic heterocycles. The van der Waals surface area contributed by atoms with Crippen molar-refractivity contribution in [1.29, 1.82) is 0 Å². The van der Waals surface area contributed by atoms with E-state index in [-0.39, 0.29) is 29.6 Å². The van der Waals surface area contributed by atoms with Crippen LogP contribution in [-0.4, -0.2) is 14.5 Å². The quantitative estimate of drug-likeness (QED) is 0.307. The van der Waals surface area contributed by atoms with Gasteiger partial charge in [0.25, 0.3) is 0 Å². The molecule has 0 aromatic carbocycles. The zero-order valence-electron chi connectivity index (χ0n) is 8.17. The van der Waals surface area contributed by atoms with Crippen LogP contribution in [0.2, 0.25) is 0 Å². The van der Waals surface area contributed by atoms with Crippen LogP contribution in [0.5, 0.6) is 0 Å². The van der Waals surface area contributed by atoms with Crippen molar-refractivity contribution >= 4 is 11.1 Å². The zero-order chi connectivity index (χ0) is 8.53. The summed E-state index contributed by atoms with van der Waals surface area (Å²) in [6.45, 7) is 2.17. The summed E-state index contributed by atoms with van der Waals surface area (Å²) in [5.74, 6) is 0.339. The van der Waals surface area contributed by atoms with E-state index in [0.29, 0.717) is 5.75 Å². The van der Waals surface area contributed by atoms with Gasteiger partial charge in [-0.1, -0.05) is 50.1 Å². The van der Waals surface area contributed by atoms with E-state index in [0.717, 1.165) is 12.8 Å². The first-order valence-corrected chi connectivity index (χ1v) is 5.57. The Morgan fingerprint density at radius 1 is 1.08 bits per heavy atom. The van der Waals surface area contributed by atoms with Crippen molar-refractivity contribution in [3.05, 3.63) is 0 Å². The van der Waals surface area contributed by atoms with Crippen LogP contribution in [0.25, 0.3) is 0 Å². The summed E-state index contributed by atoms with van der Waals surface area (Å²) in [4.78, 5) is 0. The Bertz CT molecular complexity index is 109. The monoisotopic (exact) mass is 200 g/mol. The molecule has 0 spiro atoms. The third-order valence-electron chi connectivity index (χ3n) is 1.66. The van der Waals surface area contributed by atoms with Gasteiger partial charge in [-0.15, -0.1) is 0 Å². The van der Waals surface area contributed by atoms with Gasteiger partial charge >= 0.3 is 29.6 Å². The molecule has 0 aromatic rings. The SMILES string of the molecule is CCCCCCCCS(=O)[O-].[Na+]. The van der Waals surface area contributed by atoms with Gasteiger partial charge in [-0.3, -0.25) is 4.21 Å². The fourth-order valence-corrected chi connectivity index (χ4v) is 1.44. The first-order chi connectivity index (χ1) is 5.27. The van der Waals surface area contributed by atoms with E-state index in [4.69, 9.17) is 0 Å². The van der Waals surface area contributed by atoms with Crippen molar-refractivity contribution in [3.8, 4) is 0 Å². The molecule has 12 heavy (non-hydrogen) atoms. The van der Waals surface area contributed by atoms with Crippen LogP contribution < -0.4 is 29.6 Å². The van der Waals surface area contributed by atoms with Crippen LogP contribution in [0, 0.1) is 0 Å². The van der Waals surface area contributed by atoms with E-state index in [1.807, 2.05) is 0 Å². The largest absolute Gasteiger partial charge is 1.00 e. The van der Waals surface area contributed by atoms with Crippen molar-refractivity contribution in [1.82, 2.24) is 0 Å². The second kappa shape index (κ2) is 12.1. The van der Waals surface area contributed by atoms with Crippen LogP contribution >= 0.6 is 0 Å². The zero-order valence-corrected chi connectivity index (χ0v) is 11.0. The molecule has 0 aliphatic heterocycles. The first kappa shape index (κ1) is 15.6. The fraction of sp³-hybridized carbons (Fsp3) is 1.00. The molecule has 68 valence electrons. The molecule has 0 bridgehead atoms. The summed E-state index contributed by atoms with van der Waals surface area (Å²) >= 11 is -1.82. The molecule has 0 saturated heterocycles. The summed E-state index contributed by atoms with van der Waals surface area (Å²) in [5, 5.41) is 0. The van der Waals surface area contributed by atoms with E-state index in [1.54, 1.807) is 0 Å². The van der Waals surface area contributed by atoms with Gasteiger partial charge in [-0.25, -0.2) is 0 Å². The minimum Gasteiger partial charge on any atom is -0.772 e. The minimum atomic E-state index is -1.82.